The van der Waals surface area contributed by atoms with Gasteiger partial charge in [0.1, 0.15) is 12.4 Å². The maximum atomic E-state index is 12.6. The fourth-order valence-corrected chi connectivity index (χ4v) is 2.70. The Morgan fingerprint density at radius 3 is 2.46 bits per heavy atom. The van der Waals surface area contributed by atoms with Gasteiger partial charge in [-0.3, -0.25) is 4.79 Å². The molecule has 2 nitrogen and oxygen atoms in total. The van der Waals surface area contributed by atoms with Gasteiger partial charge < -0.3 is 4.74 Å². The minimum atomic E-state index is -4.45. The molecule has 0 heterocycles. The second-order valence-electron chi connectivity index (χ2n) is 5.28. The van der Waals surface area contributed by atoms with Crippen molar-refractivity contribution in [2.45, 2.75) is 33.1 Å². The van der Waals surface area contributed by atoms with Gasteiger partial charge >= 0.3 is 6.18 Å². The molecule has 0 amide bonds. The lowest BCUT2D eigenvalue weighted by Crippen LogP contribution is -2.07. The molecule has 2 aromatic carbocycles. The van der Waals surface area contributed by atoms with Crippen molar-refractivity contribution in [3.8, 4) is 5.75 Å². The topological polar surface area (TPSA) is 26.3 Å². The van der Waals surface area contributed by atoms with E-state index in [4.69, 9.17) is 16.3 Å². The maximum Gasteiger partial charge on any atom is 0.416 e. The van der Waals surface area contributed by atoms with Crippen LogP contribution in [-0.4, -0.2) is 5.78 Å². The molecular weight excluding hydrogens is 341 g/mol. The Morgan fingerprint density at radius 2 is 1.92 bits per heavy atom. The van der Waals surface area contributed by atoms with Gasteiger partial charge in [-0.25, -0.2) is 0 Å². The molecule has 0 aliphatic heterocycles. The van der Waals surface area contributed by atoms with Crippen LogP contribution in [0.3, 0.4) is 0 Å². The summed E-state index contributed by atoms with van der Waals surface area (Å²) in [5.41, 5.74) is 1.47. The van der Waals surface area contributed by atoms with Crippen LogP contribution >= 0.6 is 11.6 Å². The maximum absolute atomic E-state index is 12.6. The lowest BCUT2D eigenvalue weighted by Gasteiger charge is -2.14. The monoisotopic (exact) mass is 356 g/mol. The number of halogens is 4. The van der Waals surface area contributed by atoms with E-state index in [9.17, 15) is 18.0 Å². The van der Waals surface area contributed by atoms with Gasteiger partial charge in [-0.15, -0.1) is 0 Å². The summed E-state index contributed by atoms with van der Waals surface area (Å²) in [7, 11) is 0. The Hall–Kier alpha value is -2.01. The molecule has 24 heavy (non-hydrogen) atoms. The molecule has 0 unspecified atom stereocenters. The van der Waals surface area contributed by atoms with E-state index >= 15 is 0 Å². The number of Topliss-reactive ketones (excluding diaryl/α,β-unsaturated/α-hetero) is 1. The molecule has 0 fully saturated rings. The van der Waals surface area contributed by atoms with Crippen molar-refractivity contribution < 1.29 is 22.7 Å². The summed E-state index contributed by atoms with van der Waals surface area (Å²) in [6.45, 7) is 3.54. The van der Waals surface area contributed by atoms with Crippen LogP contribution in [-0.2, 0) is 19.2 Å². The Balaban J connectivity index is 2.23. The van der Waals surface area contributed by atoms with E-state index in [1.54, 1.807) is 12.1 Å². The van der Waals surface area contributed by atoms with Crippen molar-refractivity contribution in [1.29, 1.82) is 0 Å². The van der Waals surface area contributed by atoms with Gasteiger partial charge in [-0.05, 0) is 42.7 Å². The molecule has 0 aliphatic rings. The van der Waals surface area contributed by atoms with Crippen molar-refractivity contribution in [3.63, 3.8) is 0 Å². The van der Waals surface area contributed by atoms with Crippen molar-refractivity contribution >= 4 is 17.4 Å². The average molecular weight is 357 g/mol. The zero-order valence-corrected chi connectivity index (χ0v) is 14.0. The molecule has 0 radical (unpaired) electrons. The van der Waals surface area contributed by atoms with Gasteiger partial charge in [-0.1, -0.05) is 36.7 Å². The van der Waals surface area contributed by atoms with Crippen molar-refractivity contribution in [2.24, 2.45) is 0 Å². The highest BCUT2D eigenvalue weighted by Gasteiger charge is 2.31. The predicted octanol–water partition coefficient (Wildman–Crippen LogP) is 5.70. The fraction of sp³-hybridized carbons (Fsp3) is 0.278. The van der Waals surface area contributed by atoms with Gasteiger partial charge in [0.25, 0.3) is 0 Å². The largest absolute Gasteiger partial charge is 0.487 e. The molecule has 0 aromatic heterocycles. The van der Waals surface area contributed by atoms with E-state index in [2.05, 4.69) is 0 Å². The molecule has 0 N–H and O–H groups in total. The van der Waals surface area contributed by atoms with Crippen molar-refractivity contribution in [1.82, 2.24) is 0 Å². The van der Waals surface area contributed by atoms with Gasteiger partial charge in [0.05, 0.1) is 10.6 Å². The minimum absolute atomic E-state index is 0.0405. The first-order chi connectivity index (χ1) is 11.2. The highest BCUT2D eigenvalue weighted by Crippen LogP contribution is 2.35. The SMILES string of the molecule is CCc1c(COc2ccc(C(F)(F)F)cc2Cl)cccc1C(C)=O. The fourth-order valence-electron chi connectivity index (χ4n) is 2.47. The van der Waals surface area contributed by atoms with Crippen LogP contribution in [0.1, 0.15) is 40.9 Å². The lowest BCUT2D eigenvalue weighted by atomic mass is 9.97. The summed E-state index contributed by atoms with van der Waals surface area (Å²) in [6.07, 6.45) is -3.80. The average Bonchev–Trinajstić information content (AvgIpc) is 2.52. The second kappa shape index (κ2) is 7.26. The number of hydrogen-bond acceptors (Lipinski definition) is 2. The van der Waals surface area contributed by atoms with Gasteiger partial charge in [0.15, 0.2) is 5.78 Å². The summed E-state index contributed by atoms with van der Waals surface area (Å²) in [6, 6.07) is 8.28. The number of carbonyl (C=O) groups excluding carboxylic acids is 1. The molecule has 0 aliphatic carbocycles. The highest BCUT2D eigenvalue weighted by atomic mass is 35.5. The minimum Gasteiger partial charge on any atom is -0.487 e. The number of hydrogen-bond donors (Lipinski definition) is 0. The second-order valence-corrected chi connectivity index (χ2v) is 5.69. The summed E-state index contributed by atoms with van der Waals surface area (Å²) in [4.78, 5) is 11.7. The number of ketones is 1. The highest BCUT2D eigenvalue weighted by molar-refractivity contribution is 6.32. The number of ether oxygens (including phenoxy) is 1. The summed E-state index contributed by atoms with van der Waals surface area (Å²) in [5, 5.41) is -0.106. The lowest BCUT2D eigenvalue weighted by molar-refractivity contribution is -0.137. The Labute approximate surface area is 143 Å². The van der Waals surface area contributed by atoms with E-state index in [0.717, 1.165) is 23.3 Å². The standard InChI is InChI=1S/C18H16ClF3O2/c1-3-14-12(5-4-6-15(14)11(2)23)10-24-17-8-7-13(9-16(17)19)18(20,21)22/h4-9H,3,10H2,1-2H3. The third-order valence-corrected chi connectivity index (χ3v) is 3.94. The third kappa shape index (κ3) is 4.09. The van der Waals surface area contributed by atoms with Crippen molar-refractivity contribution in [2.75, 3.05) is 0 Å². The van der Waals surface area contributed by atoms with Gasteiger partial charge in [-0.2, -0.15) is 13.2 Å². The molecule has 0 saturated carbocycles. The molecule has 2 aromatic rings. The van der Waals surface area contributed by atoms with Crippen LogP contribution in [0, 0.1) is 0 Å². The first-order valence-corrected chi connectivity index (χ1v) is 7.73. The Kier molecular flexibility index (Phi) is 5.54. The number of benzene rings is 2. The van der Waals surface area contributed by atoms with Gasteiger partial charge in [0, 0.05) is 5.56 Å². The van der Waals surface area contributed by atoms with Crippen molar-refractivity contribution in [3.05, 3.63) is 63.7 Å². The van der Waals surface area contributed by atoms with Crippen LogP contribution in [0.25, 0.3) is 0 Å². The predicted molar refractivity (Wildman–Crippen MR) is 86.6 cm³/mol. The summed E-state index contributed by atoms with van der Waals surface area (Å²) < 4.78 is 43.5. The van der Waals surface area contributed by atoms with Crippen LogP contribution in [0.4, 0.5) is 13.2 Å². The quantitative estimate of drug-likeness (QED) is 0.642. The molecule has 2 rings (SSSR count). The van der Waals surface area contributed by atoms with Gasteiger partial charge in [0.2, 0.25) is 0 Å². The number of rotatable bonds is 5. The molecule has 0 spiro atoms. The van der Waals surface area contributed by atoms with E-state index in [1.165, 1.54) is 13.0 Å². The zero-order chi connectivity index (χ0) is 17.9. The van der Waals surface area contributed by atoms with Crippen LogP contribution in [0.2, 0.25) is 5.02 Å². The third-order valence-electron chi connectivity index (χ3n) is 3.65. The molecule has 6 heteroatoms. The summed E-state index contributed by atoms with van der Waals surface area (Å²) >= 11 is 5.88. The first-order valence-electron chi connectivity index (χ1n) is 7.35. The smallest absolute Gasteiger partial charge is 0.416 e. The molecular formula is C18H16ClF3O2. The normalized spacial score (nSPS) is 11.4. The number of carbonyl (C=O) groups is 1. The molecule has 0 atom stereocenters. The van der Waals surface area contributed by atoms with E-state index in [0.29, 0.717) is 12.0 Å². The Morgan fingerprint density at radius 1 is 1.21 bits per heavy atom. The summed E-state index contributed by atoms with van der Waals surface area (Å²) in [5.74, 6) is 0.126. The molecule has 0 bridgehead atoms. The van der Waals surface area contributed by atoms with Crippen LogP contribution < -0.4 is 4.74 Å². The molecule has 128 valence electrons. The number of alkyl halides is 3. The molecule has 0 saturated heterocycles. The first kappa shape index (κ1) is 18.3. The van der Waals surface area contributed by atoms with Crippen LogP contribution in [0.15, 0.2) is 36.4 Å². The van der Waals surface area contributed by atoms with Crippen LogP contribution in [0.5, 0.6) is 5.75 Å². The Bertz CT molecular complexity index is 754. The van der Waals surface area contributed by atoms with E-state index in [-0.39, 0.29) is 23.2 Å². The van der Waals surface area contributed by atoms with E-state index in [1.807, 2.05) is 13.0 Å². The zero-order valence-electron chi connectivity index (χ0n) is 13.2. The van der Waals surface area contributed by atoms with E-state index < -0.39 is 11.7 Å².